The fourth-order valence-electron chi connectivity index (χ4n) is 3.69. The summed E-state index contributed by atoms with van der Waals surface area (Å²) in [4.78, 5) is 19.7. The Bertz CT molecular complexity index is 1060. The first-order valence-corrected chi connectivity index (χ1v) is 11.3. The Labute approximate surface area is 169 Å². The van der Waals surface area contributed by atoms with E-state index in [-0.39, 0.29) is 17.6 Å². The van der Waals surface area contributed by atoms with Gasteiger partial charge >= 0.3 is 6.09 Å². The number of benzene rings is 1. The highest BCUT2D eigenvalue weighted by Gasteiger charge is 2.30. The van der Waals surface area contributed by atoms with E-state index in [1.165, 1.54) is 11.0 Å². The third-order valence-corrected chi connectivity index (χ3v) is 6.84. The summed E-state index contributed by atoms with van der Waals surface area (Å²) in [6.07, 6.45) is 0.889. The molecule has 4 rings (SSSR count). The molecule has 0 aliphatic carbocycles. The smallest absolute Gasteiger partial charge is 0.414 e. The lowest BCUT2D eigenvalue weighted by molar-refractivity contribution is 0.150. The maximum atomic E-state index is 14.8. The number of anilines is 2. The van der Waals surface area contributed by atoms with Gasteiger partial charge in [0.25, 0.3) is 0 Å². The Balaban J connectivity index is 1.57. The van der Waals surface area contributed by atoms with Crippen molar-refractivity contribution in [1.29, 1.82) is 0 Å². The van der Waals surface area contributed by atoms with E-state index in [0.717, 1.165) is 11.4 Å². The first-order valence-electron chi connectivity index (χ1n) is 9.43. The fourth-order valence-corrected chi connectivity index (χ4v) is 4.89. The monoisotopic (exact) mass is 419 g/mol. The van der Waals surface area contributed by atoms with Crippen LogP contribution in [0.2, 0.25) is 0 Å². The van der Waals surface area contributed by atoms with E-state index in [0.29, 0.717) is 36.4 Å². The minimum atomic E-state index is -2.97. The average Bonchev–Trinajstić information content (AvgIpc) is 3.00. The highest BCUT2D eigenvalue weighted by Crippen LogP contribution is 2.31. The van der Waals surface area contributed by atoms with Gasteiger partial charge in [-0.1, -0.05) is 0 Å². The summed E-state index contributed by atoms with van der Waals surface area (Å²) in [5.41, 5.74) is 2.31. The molecule has 1 aromatic heterocycles. The molecule has 7 nitrogen and oxygen atoms in total. The number of rotatable bonds is 3. The van der Waals surface area contributed by atoms with E-state index >= 15 is 0 Å². The van der Waals surface area contributed by atoms with Crippen molar-refractivity contribution in [2.75, 3.05) is 40.9 Å². The molecule has 0 spiro atoms. The third-order valence-electron chi connectivity index (χ3n) is 5.23. The molecular formula is C20H22FN3O4S. The normalized spacial score (nSPS) is 21.3. The van der Waals surface area contributed by atoms with Crippen LogP contribution in [-0.4, -0.2) is 56.7 Å². The molecule has 2 aliphatic rings. The molecule has 0 radical (unpaired) electrons. The molecule has 1 aromatic carbocycles. The summed E-state index contributed by atoms with van der Waals surface area (Å²) in [5.74, 6) is 0.495. The van der Waals surface area contributed by atoms with Gasteiger partial charge in [-0.3, -0.25) is 4.90 Å². The van der Waals surface area contributed by atoms with Gasteiger partial charge < -0.3 is 9.64 Å². The summed E-state index contributed by atoms with van der Waals surface area (Å²) in [5, 5.41) is 0. The largest absolute Gasteiger partial charge is 0.444 e. The number of pyridine rings is 1. The van der Waals surface area contributed by atoms with Gasteiger partial charge in [0.15, 0.2) is 9.84 Å². The molecular weight excluding hydrogens is 397 g/mol. The molecule has 0 saturated carbocycles. The quantitative estimate of drug-likeness (QED) is 0.761. The predicted molar refractivity (Wildman–Crippen MR) is 109 cm³/mol. The molecule has 0 N–H and O–H groups in total. The van der Waals surface area contributed by atoms with Crippen molar-refractivity contribution < 1.29 is 22.3 Å². The highest BCUT2D eigenvalue weighted by atomic mass is 32.2. The number of sulfone groups is 1. The molecule has 2 fully saturated rings. The number of hydrogen-bond acceptors (Lipinski definition) is 6. The van der Waals surface area contributed by atoms with Gasteiger partial charge in [0.05, 0.1) is 23.7 Å². The maximum Gasteiger partial charge on any atom is 0.414 e. The van der Waals surface area contributed by atoms with Gasteiger partial charge in [-0.2, -0.15) is 0 Å². The first kappa shape index (κ1) is 19.6. The zero-order valence-electron chi connectivity index (χ0n) is 16.3. The average molecular weight is 419 g/mol. The van der Waals surface area contributed by atoms with Crippen molar-refractivity contribution in [3.63, 3.8) is 0 Å². The Kier molecular flexibility index (Phi) is 4.94. The Hall–Kier alpha value is -2.68. The van der Waals surface area contributed by atoms with E-state index in [1.807, 2.05) is 17.9 Å². The van der Waals surface area contributed by atoms with E-state index in [9.17, 15) is 17.6 Å². The Morgan fingerprint density at radius 2 is 1.93 bits per heavy atom. The third kappa shape index (κ3) is 3.91. The van der Waals surface area contributed by atoms with Gasteiger partial charge in [-0.05, 0) is 43.7 Å². The van der Waals surface area contributed by atoms with Crippen molar-refractivity contribution in [3.8, 4) is 11.1 Å². The van der Waals surface area contributed by atoms with Crippen LogP contribution in [0, 0.1) is 12.7 Å². The van der Waals surface area contributed by atoms with Crippen molar-refractivity contribution in [2.24, 2.45) is 0 Å². The zero-order valence-corrected chi connectivity index (χ0v) is 17.1. The van der Waals surface area contributed by atoms with Crippen LogP contribution in [0.4, 0.5) is 20.7 Å². The fraction of sp³-hybridized carbons (Fsp3) is 0.400. The van der Waals surface area contributed by atoms with E-state index in [4.69, 9.17) is 4.74 Å². The van der Waals surface area contributed by atoms with Gasteiger partial charge in [-0.25, -0.2) is 22.6 Å². The number of nitrogens with zero attached hydrogens (tertiary/aromatic N) is 3. The topological polar surface area (TPSA) is 79.8 Å². The number of ether oxygens (including phenoxy) is 1. The van der Waals surface area contributed by atoms with Crippen LogP contribution in [-0.2, 0) is 14.6 Å². The molecule has 3 heterocycles. The van der Waals surface area contributed by atoms with E-state index < -0.39 is 21.7 Å². The number of aromatic nitrogens is 1. The highest BCUT2D eigenvalue weighted by molar-refractivity contribution is 7.91. The summed E-state index contributed by atoms with van der Waals surface area (Å²) in [6.45, 7) is 4.86. The molecule has 1 atom stereocenters. The Morgan fingerprint density at radius 1 is 1.21 bits per heavy atom. The predicted octanol–water partition coefficient (Wildman–Crippen LogP) is 2.78. The number of carbonyl (C=O) groups is 1. The van der Waals surface area contributed by atoms with Gasteiger partial charge in [-0.15, -0.1) is 0 Å². The van der Waals surface area contributed by atoms with Crippen molar-refractivity contribution in [2.45, 2.75) is 20.0 Å². The van der Waals surface area contributed by atoms with Crippen LogP contribution in [0.25, 0.3) is 11.1 Å². The Morgan fingerprint density at radius 3 is 2.52 bits per heavy atom. The van der Waals surface area contributed by atoms with Crippen LogP contribution < -0.4 is 9.80 Å². The summed E-state index contributed by atoms with van der Waals surface area (Å²) < 4.78 is 43.2. The molecule has 2 saturated heterocycles. The van der Waals surface area contributed by atoms with E-state index in [2.05, 4.69) is 4.98 Å². The summed E-state index contributed by atoms with van der Waals surface area (Å²) in [7, 11) is -2.97. The van der Waals surface area contributed by atoms with E-state index in [1.54, 1.807) is 25.3 Å². The van der Waals surface area contributed by atoms with Crippen LogP contribution in [0.5, 0.6) is 0 Å². The number of aryl methyl sites for hydroxylation is 1. The molecule has 1 unspecified atom stereocenters. The molecule has 9 heteroatoms. The zero-order chi connectivity index (χ0) is 20.8. The number of hydrogen-bond donors (Lipinski definition) is 0. The number of amides is 1. The number of halogens is 1. The lowest BCUT2D eigenvalue weighted by Gasteiger charge is -2.29. The van der Waals surface area contributed by atoms with Crippen molar-refractivity contribution in [3.05, 3.63) is 41.8 Å². The van der Waals surface area contributed by atoms with Crippen molar-refractivity contribution in [1.82, 2.24) is 4.98 Å². The van der Waals surface area contributed by atoms with Crippen LogP contribution in [0.3, 0.4) is 0 Å². The first-order chi connectivity index (χ1) is 13.7. The second kappa shape index (κ2) is 7.29. The lowest BCUT2D eigenvalue weighted by atomic mass is 10.0. The molecule has 29 heavy (non-hydrogen) atoms. The van der Waals surface area contributed by atoms with Gasteiger partial charge in [0, 0.05) is 30.4 Å². The standard InChI is InChI=1S/C20H22FN3O4S/c1-13-9-15(11-22-19(13)23-5-7-29(26,27)8-6-23)17-4-3-16(10-18(17)21)24-12-14(2)28-20(24)25/h3-4,9-11,14H,5-8,12H2,1-2H3. The molecule has 1 amide bonds. The molecule has 2 aromatic rings. The molecule has 154 valence electrons. The molecule has 2 aliphatic heterocycles. The van der Waals surface area contributed by atoms with Gasteiger partial charge in [0.1, 0.15) is 17.7 Å². The minimum absolute atomic E-state index is 0.115. The SMILES string of the molecule is Cc1cc(-c2ccc(N3CC(C)OC3=O)cc2F)cnc1N1CCS(=O)(=O)CC1. The lowest BCUT2D eigenvalue weighted by Crippen LogP contribution is -2.41. The minimum Gasteiger partial charge on any atom is -0.444 e. The maximum absolute atomic E-state index is 14.8. The van der Waals surface area contributed by atoms with Crippen LogP contribution in [0.1, 0.15) is 12.5 Å². The van der Waals surface area contributed by atoms with Gasteiger partial charge in [0.2, 0.25) is 0 Å². The molecule has 0 bridgehead atoms. The summed E-state index contributed by atoms with van der Waals surface area (Å²) in [6, 6.07) is 6.49. The van der Waals surface area contributed by atoms with Crippen LogP contribution in [0.15, 0.2) is 30.5 Å². The number of cyclic esters (lactones) is 1. The number of carbonyl (C=O) groups excluding carboxylic acids is 1. The van der Waals surface area contributed by atoms with Crippen molar-refractivity contribution >= 4 is 27.4 Å². The second-order valence-corrected chi connectivity index (χ2v) is 9.78. The van der Waals surface area contributed by atoms with Crippen LogP contribution >= 0.6 is 0 Å². The summed E-state index contributed by atoms with van der Waals surface area (Å²) >= 11 is 0. The second-order valence-electron chi connectivity index (χ2n) is 7.47.